The molecule has 2 aliphatic heterocycles. The summed E-state index contributed by atoms with van der Waals surface area (Å²) in [5.41, 5.74) is 9.49. The molecular weight excluding hydrogens is 688 g/mol. The van der Waals surface area contributed by atoms with Crippen molar-refractivity contribution in [2.45, 2.75) is 37.4 Å². The number of carbonyl (C=O) groups excluding carboxylic acids is 4. The monoisotopic (exact) mass is 734 g/mol. The zero-order valence-corrected chi connectivity index (χ0v) is 30.0. The zero-order chi connectivity index (χ0) is 38.6. The Labute approximate surface area is 314 Å². The summed E-state index contributed by atoms with van der Waals surface area (Å²) in [6.45, 7) is 4.08. The van der Waals surface area contributed by atoms with Gasteiger partial charge in [0.05, 0.1) is 0 Å². The minimum absolute atomic E-state index is 0.0973. The van der Waals surface area contributed by atoms with Crippen LogP contribution in [0.15, 0.2) is 72.8 Å². The number of hydrogen-bond acceptors (Lipinski definition) is 10. The molecule has 54 heavy (non-hydrogen) atoms. The summed E-state index contributed by atoms with van der Waals surface area (Å²) in [7, 11) is 0. The van der Waals surface area contributed by atoms with Gasteiger partial charge in [-0.05, 0) is 52.0 Å². The molecule has 2 unspecified atom stereocenters. The van der Waals surface area contributed by atoms with Crippen molar-refractivity contribution in [2.24, 2.45) is 11.5 Å². The molecule has 0 spiro atoms. The summed E-state index contributed by atoms with van der Waals surface area (Å²) in [5.74, 6) is 6.72. The van der Waals surface area contributed by atoms with Crippen LogP contribution in [0.5, 0.6) is 0 Å². The molecule has 14 nitrogen and oxygen atoms in total. The van der Waals surface area contributed by atoms with E-state index in [1.165, 1.54) is 34.1 Å². The molecule has 2 fully saturated rings. The predicted molar refractivity (Wildman–Crippen MR) is 201 cm³/mol. The fourth-order valence-corrected chi connectivity index (χ4v) is 5.99. The van der Waals surface area contributed by atoms with Crippen molar-refractivity contribution in [3.63, 3.8) is 0 Å². The van der Waals surface area contributed by atoms with Gasteiger partial charge in [0.1, 0.15) is 0 Å². The zero-order valence-electron chi connectivity index (χ0n) is 30.0. The first-order valence-electron chi connectivity index (χ1n) is 17.8. The van der Waals surface area contributed by atoms with Crippen molar-refractivity contribution >= 4 is 23.6 Å². The summed E-state index contributed by atoms with van der Waals surface area (Å²) >= 11 is 0. The Bertz CT molecular complexity index is 1800. The van der Waals surface area contributed by atoms with Crippen LogP contribution in [0.3, 0.4) is 0 Å². The molecule has 0 bridgehead atoms. The van der Waals surface area contributed by atoms with Gasteiger partial charge in [-0.25, -0.2) is 0 Å². The molecule has 0 saturated carbocycles. The number of nitrogens with two attached hydrogens (primary N) is 2. The van der Waals surface area contributed by atoms with Crippen LogP contribution >= 0.6 is 0 Å². The van der Waals surface area contributed by atoms with Gasteiger partial charge in [0, 0.05) is 89.7 Å². The van der Waals surface area contributed by atoms with Crippen molar-refractivity contribution in [3.05, 3.63) is 106 Å². The highest BCUT2D eigenvalue weighted by molar-refractivity contribution is 5.98. The Hall–Kier alpha value is -5.58. The van der Waals surface area contributed by atoms with Crippen LogP contribution < -0.4 is 32.7 Å². The van der Waals surface area contributed by atoms with Gasteiger partial charge in [-0.2, -0.15) is 0 Å². The molecule has 3 aromatic carbocycles. The van der Waals surface area contributed by atoms with Crippen LogP contribution in [0.1, 0.15) is 33.4 Å². The summed E-state index contributed by atoms with van der Waals surface area (Å²) < 4.78 is 0. The third-order valence-corrected chi connectivity index (χ3v) is 9.26. The second kappa shape index (κ2) is 18.4. The number of carbonyl (C=O) groups is 4. The Kier molecular flexibility index (Phi) is 13.5. The molecule has 3 aromatic rings. The summed E-state index contributed by atoms with van der Waals surface area (Å²) in [5, 5.41) is 35.9. The standard InChI is InChI=1S/C40H46N8O6/c41-25-29-4-8-31(9-5-29)27-45-35(49)12-14-39(53,37(51)47-20-16-43-17-21-47)33-2-1-3-34(24-33)40(54,38(52)48-22-18-44-19-23-48)15-13-36(50)46-28-32-10-6-30(26-42)7-11-32/h1-11,24,43-44,53-54H,16-23,25-28,41-42H2,(H,45,49)(H,46,50). The van der Waals surface area contributed by atoms with Crippen molar-refractivity contribution in [2.75, 3.05) is 52.4 Å². The smallest absolute Gasteiger partial charge is 0.296 e. The van der Waals surface area contributed by atoms with Crippen molar-refractivity contribution in [1.29, 1.82) is 0 Å². The van der Waals surface area contributed by atoms with E-state index in [0.717, 1.165) is 22.3 Å². The first-order chi connectivity index (χ1) is 26.1. The lowest BCUT2D eigenvalue weighted by Crippen LogP contribution is -2.54. The molecule has 2 aliphatic rings. The minimum Gasteiger partial charge on any atom is -0.366 e. The van der Waals surface area contributed by atoms with Crippen LogP contribution in [-0.2, 0) is 56.6 Å². The molecule has 2 heterocycles. The van der Waals surface area contributed by atoms with Crippen molar-refractivity contribution < 1.29 is 29.4 Å². The highest BCUT2D eigenvalue weighted by Gasteiger charge is 2.44. The van der Waals surface area contributed by atoms with Crippen LogP contribution in [0.25, 0.3) is 0 Å². The molecule has 10 N–H and O–H groups in total. The van der Waals surface area contributed by atoms with Crippen LogP contribution in [0.2, 0.25) is 0 Å². The fraction of sp³-hybridized carbons (Fsp3) is 0.350. The van der Waals surface area contributed by atoms with Gasteiger partial charge < -0.3 is 52.7 Å². The van der Waals surface area contributed by atoms with E-state index in [9.17, 15) is 29.4 Å². The normalized spacial score (nSPS) is 16.3. The Morgan fingerprint density at radius 3 is 1.31 bits per heavy atom. The highest BCUT2D eigenvalue weighted by atomic mass is 16.3. The Balaban J connectivity index is 1.46. The van der Waals surface area contributed by atoms with Gasteiger partial charge in [0.15, 0.2) is 0 Å². The lowest BCUT2D eigenvalue weighted by Gasteiger charge is -2.35. The minimum atomic E-state index is -2.56. The molecular formula is C40H46N8O6. The number of nitrogens with one attached hydrogen (secondary N) is 4. The summed E-state index contributed by atoms with van der Waals surface area (Å²) in [4.78, 5) is 56.8. The van der Waals surface area contributed by atoms with E-state index < -0.39 is 34.8 Å². The molecule has 2 saturated heterocycles. The average molecular weight is 735 g/mol. The van der Waals surface area contributed by atoms with Crippen LogP contribution in [-0.4, -0.2) is 96.0 Å². The summed E-state index contributed by atoms with van der Waals surface area (Å²) in [6, 6.07) is 20.2. The average Bonchev–Trinajstić information content (AvgIpc) is 3.23. The van der Waals surface area contributed by atoms with Gasteiger partial charge in [0.25, 0.3) is 23.6 Å². The SMILES string of the molecule is NCc1ccc(CNC(=O)C#CC(O)(C(=O)N2CCNCC2)c2cccc(C(O)(C#CC(=O)NCc3ccc(CN)cc3)C(=O)N3CCNCC3)c2)cc1. The number of amides is 4. The third-order valence-electron chi connectivity index (χ3n) is 9.26. The van der Waals surface area contributed by atoms with Gasteiger partial charge in [0.2, 0.25) is 11.2 Å². The first-order valence-corrected chi connectivity index (χ1v) is 17.8. The van der Waals surface area contributed by atoms with Gasteiger partial charge in [-0.1, -0.05) is 66.7 Å². The lowest BCUT2D eigenvalue weighted by atomic mass is 9.85. The predicted octanol–water partition coefficient (Wildman–Crippen LogP) is -1.52. The number of nitrogens with zero attached hydrogens (tertiary/aromatic N) is 2. The van der Waals surface area contributed by atoms with E-state index in [-0.39, 0.29) is 50.4 Å². The summed E-state index contributed by atoms with van der Waals surface area (Å²) in [6.07, 6.45) is 0. The second-order valence-electron chi connectivity index (χ2n) is 13.0. The number of rotatable bonds is 10. The molecule has 0 aliphatic carbocycles. The Morgan fingerprint density at radius 1 is 0.611 bits per heavy atom. The maximum absolute atomic E-state index is 14.0. The van der Waals surface area contributed by atoms with Crippen LogP contribution in [0, 0.1) is 23.7 Å². The molecule has 14 heteroatoms. The van der Waals surface area contributed by atoms with E-state index in [2.05, 4.69) is 44.9 Å². The lowest BCUT2D eigenvalue weighted by molar-refractivity contribution is -0.147. The molecule has 0 aromatic heterocycles. The van der Waals surface area contributed by atoms with E-state index >= 15 is 0 Å². The number of benzene rings is 3. The molecule has 4 amide bonds. The number of aliphatic hydroxyl groups is 2. The Morgan fingerprint density at radius 2 is 0.963 bits per heavy atom. The largest absolute Gasteiger partial charge is 0.366 e. The quantitative estimate of drug-likeness (QED) is 0.113. The van der Waals surface area contributed by atoms with E-state index in [1.54, 1.807) is 0 Å². The third kappa shape index (κ3) is 9.89. The van der Waals surface area contributed by atoms with Gasteiger partial charge in [-0.15, -0.1) is 0 Å². The fourth-order valence-electron chi connectivity index (χ4n) is 5.99. The number of hydrogen-bond donors (Lipinski definition) is 8. The maximum atomic E-state index is 14.0. The van der Waals surface area contributed by atoms with Gasteiger partial charge >= 0.3 is 0 Å². The topological polar surface area (TPSA) is 215 Å². The first kappa shape index (κ1) is 39.6. The number of piperazine rings is 2. The van der Waals surface area contributed by atoms with Crippen LogP contribution in [0.4, 0.5) is 0 Å². The van der Waals surface area contributed by atoms with Crippen molar-refractivity contribution in [3.8, 4) is 23.7 Å². The van der Waals surface area contributed by atoms with E-state index in [1.807, 2.05) is 48.5 Å². The molecule has 0 radical (unpaired) electrons. The molecule has 5 rings (SSSR count). The molecule has 282 valence electrons. The van der Waals surface area contributed by atoms with Gasteiger partial charge in [-0.3, -0.25) is 19.2 Å². The maximum Gasteiger partial charge on any atom is 0.296 e. The second-order valence-corrected chi connectivity index (χ2v) is 13.0. The highest BCUT2D eigenvalue weighted by Crippen LogP contribution is 2.30. The van der Waals surface area contributed by atoms with Crippen molar-refractivity contribution in [1.82, 2.24) is 31.1 Å². The van der Waals surface area contributed by atoms with E-state index in [0.29, 0.717) is 39.3 Å². The van der Waals surface area contributed by atoms with E-state index in [4.69, 9.17) is 11.5 Å². The molecule has 2 atom stereocenters.